The first-order chi connectivity index (χ1) is 14.6. The van der Waals surface area contributed by atoms with Gasteiger partial charge in [0.05, 0.1) is 17.5 Å². The highest BCUT2D eigenvalue weighted by Crippen LogP contribution is 2.25. The number of fused-ring (bicyclic) bond motifs is 1. The first-order valence-corrected chi connectivity index (χ1v) is 9.81. The highest BCUT2D eigenvalue weighted by molar-refractivity contribution is 6.06. The van der Waals surface area contributed by atoms with Crippen LogP contribution in [0, 0.1) is 12.7 Å². The molecule has 0 saturated carbocycles. The fourth-order valence-corrected chi connectivity index (χ4v) is 3.43. The summed E-state index contributed by atoms with van der Waals surface area (Å²) in [5.41, 5.74) is 4.09. The van der Waals surface area contributed by atoms with Gasteiger partial charge in [0, 0.05) is 35.3 Å². The highest BCUT2D eigenvalue weighted by Gasteiger charge is 2.17. The number of benzene rings is 1. The molecule has 1 N–H and O–H groups in total. The van der Waals surface area contributed by atoms with Crippen molar-refractivity contribution in [3.05, 3.63) is 83.1 Å². The second kappa shape index (κ2) is 8.82. The van der Waals surface area contributed by atoms with Crippen LogP contribution in [0.2, 0.25) is 0 Å². The predicted molar refractivity (Wildman–Crippen MR) is 112 cm³/mol. The topological polar surface area (TPSA) is 76.5 Å². The van der Waals surface area contributed by atoms with E-state index in [-0.39, 0.29) is 17.0 Å². The normalized spacial score (nSPS) is 14.7. The molecule has 6 nitrogen and oxygen atoms in total. The zero-order valence-corrected chi connectivity index (χ0v) is 16.6. The maximum absolute atomic E-state index is 13.7. The number of hydrogen-bond donors (Lipinski definition) is 1. The molecular formula is C23H21FN4O2. The van der Waals surface area contributed by atoms with Crippen LogP contribution < -0.4 is 10.2 Å². The fraction of sp³-hybridized carbons (Fsp3) is 0.217. The van der Waals surface area contributed by atoms with E-state index in [0.29, 0.717) is 11.6 Å². The van der Waals surface area contributed by atoms with E-state index < -0.39 is 5.82 Å². The lowest BCUT2D eigenvalue weighted by Gasteiger charge is -2.12. The van der Waals surface area contributed by atoms with Crippen molar-refractivity contribution in [2.75, 3.05) is 5.32 Å². The number of carbonyl (C=O) groups excluding carboxylic acids is 1. The van der Waals surface area contributed by atoms with E-state index in [1.165, 1.54) is 6.20 Å². The van der Waals surface area contributed by atoms with Crippen molar-refractivity contribution in [3.8, 4) is 5.88 Å². The third kappa shape index (κ3) is 4.35. The first kappa shape index (κ1) is 19.7. The number of amides is 1. The van der Waals surface area contributed by atoms with E-state index in [0.717, 1.165) is 48.7 Å². The van der Waals surface area contributed by atoms with Gasteiger partial charge < -0.3 is 10.2 Å². The quantitative estimate of drug-likeness (QED) is 0.506. The van der Waals surface area contributed by atoms with Crippen molar-refractivity contribution >= 4 is 17.3 Å². The van der Waals surface area contributed by atoms with Crippen molar-refractivity contribution in [3.63, 3.8) is 0 Å². The zero-order valence-electron chi connectivity index (χ0n) is 16.6. The summed E-state index contributed by atoms with van der Waals surface area (Å²) >= 11 is 0. The maximum Gasteiger partial charge on any atom is 0.257 e. The van der Waals surface area contributed by atoms with Gasteiger partial charge in [-0.15, -0.1) is 0 Å². The van der Waals surface area contributed by atoms with Crippen LogP contribution in [0.4, 0.5) is 10.1 Å². The first-order valence-electron chi connectivity index (χ1n) is 9.81. The molecule has 0 bridgehead atoms. The third-order valence-corrected chi connectivity index (χ3v) is 5.07. The Labute approximate surface area is 173 Å². The van der Waals surface area contributed by atoms with Crippen LogP contribution in [-0.2, 0) is 6.42 Å². The van der Waals surface area contributed by atoms with Gasteiger partial charge in [-0.25, -0.2) is 9.37 Å². The number of anilines is 1. The third-order valence-electron chi connectivity index (χ3n) is 5.07. The van der Waals surface area contributed by atoms with Crippen LogP contribution >= 0.6 is 0 Å². The van der Waals surface area contributed by atoms with E-state index in [4.69, 9.17) is 4.84 Å². The van der Waals surface area contributed by atoms with E-state index >= 15 is 0 Å². The van der Waals surface area contributed by atoms with Gasteiger partial charge in [0.2, 0.25) is 5.88 Å². The average molecular weight is 404 g/mol. The average Bonchev–Trinajstić information content (AvgIpc) is 2.96. The molecule has 0 atom stereocenters. The number of aryl methyl sites for hydroxylation is 1. The molecule has 0 fully saturated rings. The van der Waals surface area contributed by atoms with E-state index in [1.807, 2.05) is 30.3 Å². The van der Waals surface area contributed by atoms with Crippen molar-refractivity contribution < 1.29 is 14.0 Å². The number of aromatic nitrogens is 2. The number of rotatable bonds is 4. The molecule has 1 amide bonds. The molecule has 0 unspecified atom stereocenters. The zero-order chi connectivity index (χ0) is 20.9. The second-order valence-electron chi connectivity index (χ2n) is 7.12. The van der Waals surface area contributed by atoms with Crippen LogP contribution in [-0.4, -0.2) is 21.6 Å². The second-order valence-corrected chi connectivity index (χ2v) is 7.12. The molecule has 30 heavy (non-hydrogen) atoms. The smallest absolute Gasteiger partial charge is 0.257 e. The molecule has 1 aliphatic rings. The lowest BCUT2D eigenvalue weighted by Crippen LogP contribution is -2.15. The Kier molecular flexibility index (Phi) is 5.79. The lowest BCUT2D eigenvalue weighted by atomic mass is 10.0. The minimum absolute atomic E-state index is 0.218. The Morgan fingerprint density at radius 3 is 2.87 bits per heavy atom. The number of hydrogen-bond acceptors (Lipinski definition) is 5. The number of pyridine rings is 2. The highest BCUT2D eigenvalue weighted by atomic mass is 19.1. The summed E-state index contributed by atoms with van der Waals surface area (Å²) in [6.45, 7) is 1.56. The molecule has 2 heterocycles. The summed E-state index contributed by atoms with van der Waals surface area (Å²) in [7, 11) is 0. The number of carbonyl (C=O) groups is 1. The number of oxime groups is 1. The Morgan fingerprint density at radius 1 is 1.17 bits per heavy atom. The molecule has 1 aromatic carbocycles. The maximum atomic E-state index is 13.7. The Bertz CT molecular complexity index is 1100. The molecule has 0 radical (unpaired) electrons. The molecule has 0 spiro atoms. The number of nitrogens with one attached hydrogen (secondary N) is 1. The minimum Gasteiger partial charge on any atom is -0.336 e. The van der Waals surface area contributed by atoms with Crippen molar-refractivity contribution in [1.82, 2.24) is 9.97 Å². The molecule has 3 aromatic rings. The van der Waals surface area contributed by atoms with Crippen LogP contribution in [0.1, 0.15) is 46.3 Å². The van der Waals surface area contributed by atoms with Crippen LogP contribution in [0.3, 0.4) is 0 Å². The molecule has 7 heteroatoms. The molecule has 1 aliphatic carbocycles. The molecule has 4 rings (SSSR count). The number of nitrogens with zero attached hydrogens (tertiary/aromatic N) is 3. The van der Waals surface area contributed by atoms with Gasteiger partial charge in [0.1, 0.15) is 5.82 Å². The Balaban J connectivity index is 1.57. The largest absolute Gasteiger partial charge is 0.336 e. The molecule has 0 saturated heterocycles. The Morgan fingerprint density at radius 2 is 2.03 bits per heavy atom. The Hall–Kier alpha value is -3.61. The van der Waals surface area contributed by atoms with Crippen molar-refractivity contribution in [2.24, 2.45) is 5.16 Å². The number of halogens is 1. The van der Waals surface area contributed by atoms with Crippen LogP contribution in [0.5, 0.6) is 5.88 Å². The van der Waals surface area contributed by atoms with Crippen molar-refractivity contribution in [2.45, 2.75) is 32.6 Å². The molecule has 0 aliphatic heterocycles. The molecular weight excluding hydrogens is 383 g/mol. The van der Waals surface area contributed by atoms with Crippen molar-refractivity contribution in [1.29, 1.82) is 0 Å². The van der Waals surface area contributed by atoms with Gasteiger partial charge in [-0.05, 0) is 56.4 Å². The lowest BCUT2D eigenvalue weighted by molar-refractivity contribution is 0.102. The monoisotopic (exact) mass is 404 g/mol. The van der Waals surface area contributed by atoms with E-state index in [9.17, 15) is 9.18 Å². The van der Waals surface area contributed by atoms with Crippen LogP contribution in [0.15, 0.2) is 60.1 Å². The molecule has 152 valence electrons. The fourth-order valence-electron chi connectivity index (χ4n) is 3.43. The SMILES string of the molecule is Cc1c(F)cncc1C(=O)Nc1ccc2c(c1)CCCCC2=NOc1ccccn1. The summed E-state index contributed by atoms with van der Waals surface area (Å²) in [5.74, 6) is -0.447. The summed E-state index contributed by atoms with van der Waals surface area (Å²) in [5, 5.41) is 7.17. The summed E-state index contributed by atoms with van der Waals surface area (Å²) in [6, 6.07) is 11.1. The van der Waals surface area contributed by atoms with Gasteiger partial charge in [0.15, 0.2) is 0 Å². The van der Waals surface area contributed by atoms with Gasteiger partial charge in [-0.1, -0.05) is 17.3 Å². The van der Waals surface area contributed by atoms with E-state index in [2.05, 4.69) is 20.4 Å². The predicted octanol–water partition coefficient (Wildman–Crippen LogP) is 4.69. The summed E-state index contributed by atoms with van der Waals surface area (Å²) in [6.07, 6.45) is 7.82. The summed E-state index contributed by atoms with van der Waals surface area (Å²) in [4.78, 5) is 26.0. The van der Waals surface area contributed by atoms with Gasteiger partial charge in [-0.3, -0.25) is 9.78 Å². The standard InChI is InChI=1S/C23H21FN4O2/c1-15-19(13-25-14-20(15)24)23(29)27-17-9-10-18-16(12-17)6-2-3-7-21(18)28-30-22-8-4-5-11-26-22/h4-5,8-14H,2-3,6-7H2,1H3,(H,27,29). The van der Waals surface area contributed by atoms with Gasteiger partial charge in [-0.2, -0.15) is 0 Å². The van der Waals surface area contributed by atoms with E-state index in [1.54, 1.807) is 19.2 Å². The van der Waals surface area contributed by atoms with Gasteiger partial charge >= 0.3 is 0 Å². The minimum atomic E-state index is -0.502. The van der Waals surface area contributed by atoms with Gasteiger partial charge in [0.25, 0.3) is 5.91 Å². The van der Waals surface area contributed by atoms with Crippen LogP contribution in [0.25, 0.3) is 0 Å². The summed E-state index contributed by atoms with van der Waals surface area (Å²) < 4.78 is 13.7. The molecule has 2 aromatic heterocycles.